The number of fused-ring (bicyclic) bond motifs is 12. The second-order valence-electron chi connectivity index (χ2n) is 14.1. The highest BCUT2D eigenvalue weighted by Crippen LogP contribution is 2.48. The Morgan fingerprint density at radius 3 is 2.06 bits per heavy atom. The molecule has 0 bridgehead atoms. The van der Waals surface area contributed by atoms with Crippen molar-refractivity contribution in [1.82, 2.24) is 4.57 Å². The van der Waals surface area contributed by atoms with E-state index in [0.29, 0.717) is 0 Å². The van der Waals surface area contributed by atoms with Gasteiger partial charge in [0.25, 0.3) is 0 Å². The van der Waals surface area contributed by atoms with Gasteiger partial charge in [-0.3, -0.25) is 0 Å². The highest BCUT2D eigenvalue weighted by atomic mass is 16.5. The molecule has 2 aromatic heterocycles. The molecule has 0 fully saturated rings. The van der Waals surface area contributed by atoms with Crippen LogP contribution in [0.2, 0.25) is 0 Å². The van der Waals surface area contributed by atoms with Crippen molar-refractivity contribution in [3.8, 4) is 22.6 Å². The van der Waals surface area contributed by atoms with Crippen LogP contribution in [-0.2, 0) is 0 Å². The minimum atomic E-state index is -0.329. The molecule has 9 aromatic carbocycles. The normalized spacial score (nSPS) is 14.2. The van der Waals surface area contributed by atoms with Gasteiger partial charge in [0.2, 0.25) is 0 Å². The largest absolute Gasteiger partial charge is 0.464 e. The lowest BCUT2D eigenvalue weighted by atomic mass is 9.99. The Labute approximate surface area is 304 Å². The lowest BCUT2D eigenvalue weighted by Gasteiger charge is -2.14. The highest BCUT2D eigenvalue weighted by molar-refractivity contribution is 6.23. The number of furan rings is 1. The van der Waals surface area contributed by atoms with Crippen molar-refractivity contribution in [1.29, 1.82) is 0 Å². The summed E-state index contributed by atoms with van der Waals surface area (Å²) in [7, 11) is 0. The second kappa shape index (κ2) is 10.7. The van der Waals surface area contributed by atoms with E-state index in [1.807, 2.05) is 0 Å². The fraction of sp³-hybridized carbons (Fsp3) is 0.0204. The molecular weight excluding hydrogens is 649 g/mol. The van der Waals surface area contributed by atoms with Crippen molar-refractivity contribution in [3.63, 3.8) is 0 Å². The number of aromatic nitrogens is 1. The standard InChI is InChI=1S/C49H30N2O2/c1-2-10-32-26-35(17-16-29(32)8-1)38-14-7-15-39-46-44(52-47(38)39)25-23-41-48(46)53-49(50-41)31-18-21-36(22-19-31)51-42-24-20-30-9-5-6-13-37(30)45(42)40-27-33-11-3-4-12-34(33)28-43(40)51/h1-28,49-50H. The first-order chi connectivity index (χ1) is 26.2. The van der Waals surface area contributed by atoms with E-state index in [4.69, 9.17) is 9.15 Å². The van der Waals surface area contributed by atoms with Gasteiger partial charge in [-0.05, 0) is 86.4 Å². The lowest BCUT2D eigenvalue weighted by molar-refractivity contribution is 0.263. The predicted molar refractivity (Wildman–Crippen MR) is 219 cm³/mol. The van der Waals surface area contributed by atoms with E-state index < -0.39 is 0 Å². The van der Waals surface area contributed by atoms with E-state index in [9.17, 15) is 0 Å². The van der Waals surface area contributed by atoms with Gasteiger partial charge in [-0.25, -0.2) is 0 Å². The van der Waals surface area contributed by atoms with Gasteiger partial charge >= 0.3 is 0 Å². The first-order valence-corrected chi connectivity index (χ1v) is 18.1. The van der Waals surface area contributed by atoms with E-state index in [0.717, 1.165) is 55.8 Å². The molecule has 11 aromatic rings. The van der Waals surface area contributed by atoms with Crippen molar-refractivity contribution in [2.45, 2.75) is 6.23 Å². The molecule has 1 unspecified atom stereocenters. The van der Waals surface area contributed by atoms with Crippen LogP contribution in [0.3, 0.4) is 0 Å². The van der Waals surface area contributed by atoms with E-state index in [2.05, 4.69) is 180 Å². The summed E-state index contributed by atoms with van der Waals surface area (Å²) >= 11 is 0. The van der Waals surface area contributed by atoms with Crippen molar-refractivity contribution >= 4 is 81.7 Å². The van der Waals surface area contributed by atoms with E-state index in [1.54, 1.807) is 0 Å². The quantitative estimate of drug-likeness (QED) is 0.202. The number of hydrogen-bond donors (Lipinski definition) is 1. The molecular formula is C49H30N2O2. The predicted octanol–water partition coefficient (Wildman–Crippen LogP) is 13.3. The lowest BCUT2D eigenvalue weighted by Crippen LogP contribution is -2.10. The third-order valence-corrected chi connectivity index (χ3v) is 11.2. The summed E-state index contributed by atoms with van der Waals surface area (Å²) in [6.45, 7) is 0. The fourth-order valence-corrected chi connectivity index (χ4v) is 8.67. The van der Waals surface area contributed by atoms with Crippen molar-refractivity contribution < 1.29 is 9.15 Å². The fourth-order valence-electron chi connectivity index (χ4n) is 8.67. The molecule has 0 saturated heterocycles. The van der Waals surface area contributed by atoms with E-state index in [-0.39, 0.29) is 6.23 Å². The van der Waals surface area contributed by atoms with Crippen LogP contribution in [0.25, 0.3) is 92.9 Å². The van der Waals surface area contributed by atoms with E-state index in [1.165, 1.54) is 54.1 Å². The molecule has 0 aliphatic carbocycles. The molecule has 4 nitrogen and oxygen atoms in total. The number of anilines is 1. The zero-order valence-corrected chi connectivity index (χ0v) is 28.5. The number of hydrogen-bond acceptors (Lipinski definition) is 3. The summed E-state index contributed by atoms with van der Waals surface area (Å²) < 4.78 is 15.8. The highest BCUT2D eigenvalue weighted by Gasteiger charge is 2.28. The van der Waals surface area contributed by atoms with Gasteiger partial charge in [0, 0.05) is 33.0 Å². The maximum absolute atomic E-state index is 6.77. The molecule has 0 saturated carbocycles. The first-order valence-electron chi connectivity index (χ1n) is 18.1. The number of para-hydroxylation sites is 1. The molecule has 1 atom stereocenters. The average Bonchev–Trinajstić information content (AvgIpc) is 3.91. The van der Waals surface area contributed by atoms with Gasteiger partial charge in [-0.2, -0.15) is 0 Å². The summed E-state index contributed by atoms with van der Waals surface area (Å²) in [5.74, 6) is 0.826. The molecule has 12 rings (SSSR count). The topological polar surface area (TPSA) is 39.3 Å². The van der Waals surface area contributed by atoms with Crippen molar-refractivity contribution in [2.24, 2.45) is 0 Å². The minimum Gasteiger partial charge on any atom is -0.464 e. The molecule has 3 heterocycles. The van der Waals surface area contributed by atoms with Gasteiger partial charge in [0.05, 0.1) is 22.1 Å². The summed E-state index contributed by atoms with van der Waals surface area (Å²) in [6, 6.07) is 60.8. The minimum absolute atomic E-state index is 0.329. The Morgan fingerprint density at radius 2 is 1.21 bits per heavy atom. The Kier molecular flexibility index (Phi) is 5.80. The van der Waals surface area contributed by atoms with Crippen LogP contribution in [0.15, 0.2) is 174 Å². The molecule has 0 amide bonds. The molecule has 1 aliphatic heterocycles. The zero-order valence-electron chi connectivity index (χ0n) is 28.5. The third-order valence-electron chi connectivity index (χ3n) is 11.2. The Hall–Kier alpha value is -7.04. The molecule has 248 valence electrons. The SMILES string of the molecule is c1ccc2cc(-c3cccc4c3oc3ccc5c(c34)OC(c3ccc(-n4c6cc7ccccc7cc6c6c7ccccc7ccc64)cc3)N5)ccc2c1. The van der Waals surface area contributed by atoms with Crippen LogP contribution in [0.1, 0.15) is 11.8 Å². The van der Waals surface area contributed by atoms with Crippen LogP contribution < -0.4 is 10.1 Å². The number of ether oxygens (including phenoxy) is 1. The monoisotopic (exact) mass is 678 g/mol. The summed E-state index contributed by atoms with van der Waals surface area (Å²) in [5, 5.41) is 15.7. The van der Waals surface area contributed by atoms with Crippen LogP contribution in [0.5, 0.6) is 5.75 Å². The van der Waals surface area contributed by atoms with Gasteiger partial charge in [0.15, 0.2) is 12.0 Å². The molecule has 53 heavy (non-hydrogen) atoms. The van der Waals surface area contributed by atoms with Gasteiger partial charge in [0.1, 0.15) is 11.2 Å². The summed E-state index contributed by atoms with van der Waals surface area (Å²) in [5.41, 5.74) is 9.41. The Balaban J connectivity index is 0.945. The number of benzene rings is 9. The molecule has 4 heteroatoms. The maximum atomic E-state index is 6.77. The van der Waals surface area contributed by atoms with Gasteiger partial charge in [-0.15, -0.1) is 0 Å². The van der Waals surface area contributed by atoms with Crippen LogP contribution in [0.4, 0.5) is 5.69 Å². The van der Waals surface area contributed by atoms with Gasteiger partial charge in [-0.1, -0.05) is 121 Å². The number of nitrogens with zero attached hydrogens (tertiary/aromatic N) is 1. The molecule has 0 spiro atoms. The van der Waals surface area contributed by atoms with Gasteiger partial charge < -0.3 is 19.0 Å². The van der Waals surface area contributed by atoms with Crippen LogP contribution in [0, 0.1) is 0 Å². The van der Waals surface area contributed by atoms with Crippen LogP contribution >= 0.6 is 0 Å². The maximum Gasteiger partial charge on any atom is 0.196 e. The van der Waals surface area contributed by atoms with Crippen molar-refractivity contribution in [2.75, 3.05) is 5.32 Å². The van der Waals surface area contributed by atoms with Crippen LogP contribution in [-0.4, -0.2) is 4.57 Å². The smallest absolute Gasteiger partial charge is 0.196 e. The zero-order chi connectivity index (χ0) is 34.6. The second-order valence-corrected chi connectivity index (χ2v) is 14.1. The Bertz CT molecular complexity index is 3300. The Morgan fingerprint density at radius 1 is 0.491 bits per heavy atom. The molecule has 1 aliphatic rings. The first kappa shape index (κ1) is 28.6. The number of nitrogens with one attached hydrogen (secondary N) is 1. The van der Waals surface area contributed by atoms with Crippen molar-refractivity contribution in [3.05, 3.63) is 175 Å². The third kappa shape index (κ3) is 4.18. The average molecular weight is 679 g/mol. The summed E-state index contributed by atoms with van der Waals surface area (Å²) in [4.78, 5) is 0. The number of rotatable bonds is 3. The molecule has 1 N–H and O–H groups in total. The molecule has 0 radical (unpaired) electrons. The summed E-state index contributed by atoms with van der Waals surface area (Å²) in [6.07, 6.45) is -0.329. The van der Waals surface area contributed by atoms with E-state index >= 15 is 0 Å².